The molecule has 0 aromatic carbocycles. The molecule has 0 unspecified atom stereocenters. The Hall–Kier alpha value is -2.28. The van der Waals surface area contributed by atoms with Gasteiger partial charge in [0.1, 0.15) is 18.8 Å². The van der Waals surface area contributed by atoms with E-state index in [0.717, 1.165) is 6.20 Å². The van der Waals surface area contributed by atoms with Crippen molar-refractivity contribution in [2.45, 2.75) is 12.6 Å². The maximum Gasteiger partial charge on any atom is 0.342 e. The zero-order valence-electron chi connectivity index (χ0n) is 8.80. The molecular weight excluding hydrogens is 224 g/mol. The number of nitrogens with zero attached hydrogens (tertiary/aromatic N) is 4. The smallest absolute Gasteiger partial charge is 0.342 e. The molecule has 0 spiro atoms. The molecule has 0 amide bonds. The molecule has 7 heteroatoms. The van der Waals surface area contributed by atoms with E-state index in [4.69, 9.17) is 0 Å². The maximum atomic E-state index is 10.7. The molecule has 2 aromatic rings. The predicted octanol–water partition coefficient (Wildman–Crippen LogP) is 0.920. The van der Waals surface area contributed by atoms with E-state index in [-0.39, 0.29) is 12.4 Å². The third-order valence-corrected chi connectivity index (χ3v) is 2.34. The van der Waals surface area contributed by atoms with Gasteiger partial charge in [0.05, 0.1) is 0 Å². The number of imidazole rings is 1. The molecule has 7 nitrogen and oxygen atoms in total. The van der Waals surface area contributed by atoms with E-state index in [9.17, 15) is 15.2 Å². The van der Waals surface area contributed by atoms with E-state index in [2.05, 4.69) is 9.97 Å². The van der Waals surface area contributed by atoms with Gasteiger partial charge in [0, 0.05) is 12.4 Å². The summed E-state index contributed by atoms with van der Waals surface area (Å²) in [7, 11) is 0. The van der Waals surface area contributed by atoms with Gasteiger partial charge in [-0.1, -0.05) is 0 Å². The van der Waals surface area contributed by atoms with E-state index in [1.807, 2.05) is 0 Å². The first-order valence-corrected chi connectivity index (χ1v) is 4.91. The Morgan fingerprint density at radius 1 is 1.41 bits per heavy atom. The summed E-state index contributed by atoms with van der Waals surface area (Å²) in [6, 6.07) is 3.32. The molecule has 1 atom stereocenters. The molecule has 0 saturated heterocycles. The first-order chi connectivity index (χ1) is 8.18. The molecule has 2 heterocycles. The van der Waals surface area contributed by atoms with Crippen molar-refractivity contribution in [2.24, 2.45) is 0 Å². The molecule has 0 aliphatic heterocycles. The Kier molecular flexibility index (Phi) is 3.10. The van der Waals surface area contributed by atoms with Crippen molar-refractivity contribution in [1.29, 1.82) is 0 Å². The van der Waals surface area contributed by atoms with Gasteiger partial charge in [0.2, 0.25) is 0 Å². The number of pyridine rings is 1. The van der Waals surface area contributed by atoms with Crippen LogP contribution in [0, 0.1) is 10.1 Å². The van der Waals surface area contributed by atoms with Gasteiger partial charge >= 0.3 is 5.82 Å². The highest BCUT2D eigenvalue weighted by molar-refractivity contribution is 5.17. The average molecular weight is 234 g/mol. The second kappa shape index (κ2) is 4.71. The number of aromatic nitrogens is 3. The minimum atomic E-state index is -0.828. The summed E-state index contributed by atoms with van der Waals surface area (Å²) in [4.78, 5) is 17.6. The Balaban J connectivity index is 2.16. The summed E-state index contributed by atoms with van der Waals surface area (Å²) in [6.45, 7) is 0.0837. The number of aliphatic hydroxyl groups is 1. The van der Waals surface area contributed by atoms with Crippen LogP contribution in [-0.4, -0.2) is 24.6 Å². The minimum Gasteiger partial charge on any atom is -0.384 e. The summed E-state index contributed by atoms with van der Waals surface area (Å²) in [6.07, 6.45) is 4.76. The van der Waals surface area contributed by atoms with Crippen molar-refractivity contribution < 1.29 is 10.0 Å². The number of hydrogen-bond donors (Lipinski definition) is 1. The predicted molar refractivity (Wildman–Crippen MR) is 58.1 cm³/mol. The normalized spacial score (nSPS) is 12.3. The average Bonchev–Trinajstić information content (AvgIpc) is 2.78. The Morgan fingerprint density at radius 2 is 2.12 bits per heavy atom. The second-order valence-electron chi connectivity index (χ2n) is 3.46. The van der Waals surface area contributed by atoms with Crippen LogP contribution in [0.4, 0.5) is 5.82 Å². The van der Waals surface area contributed by atoms with Crippen molar-refractivity contribution in [1.82, 2.24) is 14.5 Å². The van der Waals surface area contributed by atoms with Gasteiger partial charge < -0.3 is 15.2 Å². The topological polar surface area (TPSA) is 94.1 Å². The first-order valence-electron chi connectivity index (χ1n) is 4.91. The maximum absolute atomic E-state index is 10.7. The second-order valence-corrected chi connectivity index (χ2v) is 3.46. The van der Waals surface area contributed by atoms with Crippen molar-refractivity contribution in [3.05, 3.63) is 52.7 Å². The monoisotopic (exact) mass is 234 g/mol. The SMILES string of the molecule is O=[N+]([O-])c1cncn1C[C@@H](O)c1ccncc1. The van der Waals surface area contributed by atoms with Crippen LogP contribution in [0.1, 0.15) is 11.7 Å². The molecule has 1 N–H and O–H groups in total. The molecule has 2 aromatic heterocycles. The fourth-order valence-corrected chi connectivity index (χ4v) is 1.48. The number of aliphatic hydroxyl groups excluding tert-OH is 1. The van der Waals surface area contributed by atoms with E-state index in [0.29, 0.717) is 5.56 Å². The molecule has 0 saturated carbocycles. The molecule has 0 fully saturated rings. The largest absolute Gasteiger partial charge is 0.384 e. The zero-order chi connectivity index (χ0) is 12.3. The van der Waals surface area contributed by atoms with Crippen LogP contribution < -0.4 is 0 Å². The number of rotatable bonds is 4. The van der Waals surface area contributed by atoms with E-state index >= 15 is 0 Å². The van der Waals surface area contributed by atoms with Crippen molar-refractivity contribution in [3.8, 4) is 0 Å². The fraction of sp³-hybridized carbons (Fsp3) is 0.200. The highest BCUT2D eigenvalue weighted by Crippen LogP contribution is 2.17. The van der Waals surface area contributed by atoms with Crippen molar-refractivity contribution >= 4 is 5.82 Å². The van der Waals surface area contributed by atoms with Crippen LogP contribution in [0.25, 0.3) is 0 Å². The van der Waals surface area contributed by atoms with Crippen molar-refractivity contribution in [2.75, 3.05) is 0 Å². The first kappa shape index (κ1) is 11.2. The van der Waals surface area contributed by atoms with Crippen molar-refractivity contribution in [3.63, 3.8) is 0 Å². The van der Waals surface area contributed by atoms with Gasteiger partial charge in [0.15, 0.2) is 6.33 Å². The standard InChI is InChI=1S/C10H10N4O3/c15-9(8-1-3-11-4-2-8)6-13-7-12-5-10(13)14(16)17/h1-5,7,9,15H,6H2/t9-/m1/s1. The highest BCUT2D eigenvalue weighted by atomic mass is 16.6. The van der Waals surface area contributed by atoms with E-state index in [1.54, 1.807) is 24.5 Å². The Labute approximate surface area is 96.5 Å². The Bertz CT molecular complexity index is 511. The fourth-order valence-electron chi connectivity index (χ4n) is 1.48. The number of hydrogen-bond acceptors (Lipinski definition) is 5. The summed E-state index contributed by atoms with van der Waals surface area (Å²) in [5.41, 5.74) is 0.656. The van der Waals surface area contributed by atoms with Crippen LogP contribution in [0.3, 0.4) is 0 Å². The van der Waals surface area contributed by atoms with Gasteiger partial charge in [-0.2, -0.15) is 0 Å². The minimum absolute atomic E-state index is 0.0837. The molecule has 17 heavy (non-hydrogen) atoms. The van der Waals surface area contributed by atoms with Crippen LogP contribution >= 0.6 is 0 Å². The lowest BCUT2D eigenvalue weighted by molar-refractivity contribution is -0.392. The molecule has 2 rings (SSSR count). The third-order valence-electron chi connectivity index (χ3n) is 2.34. The Morgan fingerprint density at radius 3 is 2.76 bits per heavy atom. The number of nitro groups is 1. The van der Waals surface area contributed by atoms with Gasteiger partial charge in [0.25, 0.3) is 0 Å². The van der Waals surface area contributed by atoms with Gasteiger partial charge in [-0.15, -0.1) is 0 Å². The highest BCUT2D eigenvalue weighted by Gasteiger charge is 2.17. The van der Waals surface area contributed by atoms with Crippen LogP contribution in [0.2, 0.25) is 0 Å². The molecule has 88 valence electrons. The van der Waals surface area contributed by atoms with Gasteiger partial charge in [-0.05, 0) is 22.6 Å². The van der Waals surface area contributed by atoms with Crippen LogP contribution in [0.15, 0.2) is 37.1 Å². The summed E-state index contributed by atoms with van der Waals surface area (Å²) >= 11 is 0. The van der Waals surface area contributed by atoms with E-state index in [1.165, 1.54) is 10.9 Å². The molecule has 0 radical (unpaired) electrons. The van der Waals surface area contributed by atoms with Crippen LogP contribution in [-0.2, 0) is 6.54 Å². The molecular formula is C10H10N4O3. The third kappa shape index (κ3) is 2.45. The summed E-state index contributed by atoms with van der Waals surface area (Å²) in [5.74, 6) is -0.141. The zero-order valence-corrected chi connectivity index (χ0v) is 8.80. The summed E-state index contributed by atoms with van der Waals surface area (Å²) < 4.78 is 1.30. The lowest BCUT2D eigenvalue weighted by atomic mass is 10.1. The molecule has 0 aliphatic rings. The molecule has 0 bridgehead atoms. The quantitative estimate of drug-likeness (QED) is 0.627. The van der Waals surface area contributed by atoms with Gasteiger partial charge in [-0.25, -0.2) is 9.55 Å². The van der Waals surface area contributed by atoms with Crippen LogP contribution in [0.5, 0.6) is 0 Å². The molecule has 0 aliphatic carbocycles. The lowest BCUT2D eigenvalue weighted by Gasteiger charge is -2.08. The lowest BCUT2D eigenvalue weighted by Crippen LogP contribution is -2.10. The van der Waals surface area contributed by atoms with E-state index < -0.39 is 11.0 Å². The van der Waals surface area contributed by atoms with Gasteiger partial charge in [-0.3, -0.25) is 4.98 Å². The summed E-state index contributed by atoms with van der Waals surface area (Å²) in [5, 5.41) is 20.6.